The van der Waals surface area contributed by atoms with Crippen molar-refractivity contribution in [2.45, 2.75) is 0 Å². The molecule has 0 aromatic heterocycles. The Labute approximate surface area is 177 Å². The van der Waals surface area contributed by atoms with Gasteiger partial charge in [0.1, 0.15) is 11.5 Å². The molecule has 0 saturated carbocycles. The first kappa shape index (κ1) is 20.9. The zero-order valence-electron chi connectivity index (χ0n) is 15.6. The number of rotatable bonds is 7. The van der Waals surface area contributed by atoms with Gasteiger partial charge in [-0.25, -0.2) is 4.79 Å². The van der Waals surface area contributed by atoms with Gasteiger partial charge in [-0.05, 0) is 60.7 Å². The van der Waals surface area contributed by atoms with E-state index in [-0.39, 0.29) is 11.1 Å². The third-order valence-corrected chi connectivity index (χ3v) is 4.25. The number of carbonyl (C=O) groups excluding carboxylic acids is 3. The molecule has 3 aromatic rings. The quantitative estimate of drug-likeness (QED) is 0.557. The predicted molar refractivity (Wildman–Crippen MR) is 112 cm³/mol. The second kappa shape index (κ2) is 9.58. The lowest BCUT2D eigenvalue weighted by molar-refractivity contribution is -0.119. The van der Waals surface area contributed by atoms with Gasteiger partial charge in [0, 0.05) is 11.3 Å². The third-order valence-electron chi connectivity index (χ3n) is 3.94. The van der Waals surface area contributed by atoms with Crippen molar-refractivity contribution in [1.29, 1.82) is 0 Å². The fraction of sp³-hybridized carbons (Fsp3) is 0.0455. The zero-order valence-corrected chi connectivity index (χ0v) is 16.4. The summed E-state index contributed by atoms with van der Waals surface area (Å²) >= 11 is 6.06. The summed E-state index contributed by atoms with van der Waals surface area (Å²) in [5, 5.41) is 3.10. The molecule has 0 heterocycles. The topological polar surface area (TPSA) is 108 Å². The van der Waals surface area contributed by atoms with E-state index in [1.54, 1.807) is 42.5 Å². The molecule has 0 aliphatic heterocycles. The van der Waals surface area contributed by atoms with Crippen molar-refractivity contribution in [3.8, 4) is 11.5 Å². The smallest absolute Gasteiger partial charge is 0.338 e. The van der Waals surface area contributed by atoms with Gasteiger partial charge in [0.05, 0.1) is 10.6 Å². The number of hydrogen-bond donors (Lipinski definition) is 2. The van der Waals surface area contributed by atoms with Crippen LogP contribution < -0.4 is 15.8 Å². The number of halogens is 1. The summed E-state index contributed by atoms with van der Waals surface area (Å²) in [5.41, 5.74) is 6.12. The van der Waals surface area contributed by atoms with E-state index >= 15 is 0 Å². The number of benzene rings is 3. The molecule has 30 heavy (non-hydrogen) atoms. The Bertz CT molecular complexity index is 1070. The van der Waals surface area contributed by atoms with E-state index in [0.717, 1.165) is 0 Å². The van der Waals surface area contributed by atoms with Crippen molar-refractivity contribution in [3.63, 3.8) is 0 Å². The lowest BCUT2D eigenvalue weighted by Crippen LogP contribution is -2.21. The molecule has 3 N–H and O–H groups in total. The van der Waals surface area contributed by atoms with E-state index in [2.05, 4.69) is 5.32 Å². The first-order chi connectivity index (χ1) is 14.4. The fourth-order valence-corrected chi connectivity index (χ4v) is 2.62. The SMILES string of the molecule is NC(=O)c1ccc(C(=O)OCC(=O)Nc2ccc(Oc3ccccc3Cl)cc2)cc1. The number of nitrogens with one attached hydrogen (secondary N) is 1. The molecule has 0 saturated heterocycles. The van der Waals surface area contributed by atoms with Gasteiger partial charge in [-0.3, -0.25) is 9.59 Å². The molecule has 0 fully saturated rings. The van der Waals surface area contributed by atoms with Crippen molar-refractivity contribution in [1.82, 2.24) is 0 Å². The summed E-state index contributed by atoms with van der Waals surface area (Å²) < 4.78 is 10.6. The Hall–Kier alpha value is -3.84. The van der Waals surface area contributed by atoms with E-state index in [1.165, 1.54) is 24.3 Å². The summed E-state index contributed by atoms with van der Waals surface area (Å²) in [4.78, 5) is 35.0. The maximum Gasteiger partial charge on any atom is 0.338 e. The number of primary amides is 1. The van der Waals surface area contributed by atoms with Gasteiger partial charge in [0.2, 0.25) is 5.91 Å². The lowest BCUT2D eigenvalue weighted by atomic mass is 10.1. The Kier molecular flexibility index (Phi) is 6.67. The molecule has 0 bridgehead atoms. The molecular weight excluding hydrogens is 408 g/mol. The Morgan fingerprint density at radius 1 is 0.867 bits per heavy atom. The molecule has 3 rings (SSSR count). The number of esters is 1. The molecule has 0 spiro atoms. The van der Waals surface area contributed by atoms with Gasteiger partial charge in [-0.2, -0.15) is 0 Å². The van der Waals surface area contributed by atoms with Crippen LogP contribution in [0.15, 0.2) is 72.8 Å². The molecule has 152 valence electrons. The van der Waals surface area contributed by atoms with Crippen LogP contribution in [-0.4, -0.2) is 24.4 Å². The summed E-state index contributed by atoms with van der Waals surface area (Å²) in [6.45, 7) is -0.464. The van der Waals surface area contributed by atoms with E-state index < -0.39 is 24.4 Å². The number of amides is 2. The molecule has 0 unspecified atom stereocenters. The Morgan fingerprint density at radius 3 is 2.13 bits per heavy atom. The molecule has 2 amide bonds. The van der Waals surface area contributed by atoms with Crippen LogP contribution in [0.2, 0.25) is 5.02 Å². The first-order valence-corrected chi connectivity index (χ1v) is 9.19. The van der Waals surface area contributed by atoms with Gasteiger partial charge in [0.25, 0.3) is 5.91 Å². The number of anilines is 1. The average Bonchev–Trinajstić information content (AvgIpc) is 2.75. The third kappa shape index (κ3) is 5.59. The van der Waals surface area contributed by atoms with Crippen molar-refractivity contribution in [3.05, 3.63) is 88.9 Å². The van der Waals surface area contributed by atoms with Gasteiger partial charge >= 0.3 is 5.97 Å². The molecule has 0 aliphatic rings. The van der Waals surface area contributed by atoms with Crippen LogP contribution in [-0.2, 0) is 9.53 Å². The fourth-order valence-electron chi connectivity index (χ4n) is 2.44. The molecule has 8 heteroatoms. The van der Waals surface area contributed by atoms with Gasteiger partial charge in [-0.1, -0.05) is 23.7 Å². The molecule has 0 atom stereocenters. The summed E-state index contributed by atoms with van der Waals surface area (Å²) in [6.07, 6.45) is 0. The summed E-state index contributed by atoms with van der Waals surface area (Å²) in [5.74, 6) is -0.724. The average molecular weight is 425 g/mol. The molecule has 7 nitrogen and oxygen atoms in total. The molecule has 0 radical (unpaired) electrons. The van der Waals surface area contributed by atoms with E-state index in [4.69, 9.17) is 26.8 Å². The summed E-state index contributed by atoms with van der Waals surface area (Å²) in [6, 6.07) is 19.3. The predicted octanol–water partition coefficient (Wildman–Crippen LogP) is 4.03. The zero-order chi connectivity index (χ0) is 21.5. The Morgan fingerprint density at radius 2 is 1.50 bits per heavy atom. The van der Waals surface area contributed by atoms with Crippen LogP contribution >= 0.6 is 11.6 Å². The maximum absolute atomic E-state index is 12.0. The number of para-hydroxylation sites is 1. The highest BCUT2D eigenvalue weighted by molar-refractivity contribution is 6.32. The highest BCUT2D eigenvalue weighted by Gasteiger charge is 2.11. The molecule has 0 aliphatic carbocycles. The van der Waals surface area contributed by atoms with E-state index in [0.29, 0.717) is 22.2 Å². The van der Waals surface area contributed by atoms with Gasteiger partial charge < -0.3 is 20.5 Å². The minimum absolute atomic E-state index is 0.203. The van der Waals surface area contributed by atoms with Gasteiger partial charge in [-0.15, -0.1) is 0 Å². The highest BCUT2D eigenvalue weighted by Crippen LogP contribution is 2.29. The lowest BCUT2D eigenvalue weighted by Gasteiger charge is -2.09. The highest BCUT2D eigenvalue weighted by atomic mass is 35.5. The molecule has 3 aromatic carbocycles. The van der Waals surface area contributed by atoms with E-state index in [1.807, 2.05) is 6.07 Å². The number of carbonyl (C=O) groups is 3. The normalized spacial score (nSPS) is 10.2. The van der Waals surface area contributed by atoms with Gasteiger partial charge in [0.15, 0.2) is 6.61 Å². The van der Waals surface area contributed by atoms with Crippen molar-refractivity contribution in [2.24, 2.45) is 5.73 Å². The first-order valence-electron chi connectivity index (χ1n) is 8.81. The largest absolute Gasteiger partial charge is 0.456 e. The van der Waals surface area contributed by atoms with Crippen LogP contribution in [0.5, 0.6) is 11.5 Å². The van der Waals surface area contributed by atoms with E-state index in [9.17, 15) is 14.4 Å². The summed E-state index contributed by atoms with van der Waals surface area (Å²) in [7, 11) is 0. The second-order valence-corrected chi connectivity index (χ2v) is 6.53. The number of nitrogens with two attached hydrogens (primary N) is 1. The monoisotopic (exact) mass is 424 g/mol. The van der Waals surface area contributed by atoms with Crippen molar-refractivity contribution >= 4 is 35.1 Å². The van der Waals surface area contributed by atoms with Crippen LogP contribution in [0.4, 0.5) is 5.69 Å². The van der Waals surface area contributed by atoms with Crippen LogP contribution in [0, 0.1) is 0 Å². The van der Waals surface area contributed by atoms with Crippen LogP contribution in [0.3, 0.4) is 0 Å². The van der Waals surface area contributed by atoms with Crippen molar-refractivity contribution in [2.75, 3.05) is 11.9 Å². The van der Waals surface area contributed by atoms with Crippen LogP contribution in [0.1, 0.15) is 20.7 Å². The standard InChI is InChI=1S/C22H17ClN2O5/c23-18-3-1-2-4-19(18)30-17-11-9-16(10-12-17)25-20(26)13-29-22(28)15-7-5-14(6-8-15)21(24)27/h1-12H,13H2,(H2,24,27)(H,25,26). The Balaban J connectivity index is 1.50. The number of ether oxygens (including phenoxy) is 2. The second-order valence-electron chi connectivity index (χ2n) is 6.12. The van der Waals surface area contributed by atoms with Crippen LogP contribution in [0.25, 0.3) is 0 Å². The van der Waals surface area contributed by atoms with Crippen molar-refractivity contribution < 1.29 is 23.9 Å². The minimum Gasteiger partial charge on any atom is -0.456 e. The number of hydrogen-bond acceptors (Lipinski definition) is 5. The minimum atomic E-state index is -0.690. The maximum atomic E-state index is 12.0. The molecular formula is C22H17ClN2O5.